The van der Waals surface area contributed by atoms with E-state index in [0.717, 1.165) is 13.0 Å². The van der Waals surface area contributed by atoms with Crippen LogP contribution in [-0.2, 0) is 14.3 Å². The molecule has 0 fully saturated rings. The van der Waals surface area contributed by atoms with Gasteiger partial charge in [-0.15, -0.1) is 0 Å². The third-order valence-corrected chi connectivity index (χ3v) is 4.33. The molecule has 0 aliphatic carbocycles. The Kier molecular flexibility index (Phi) is 16.0. The summed E-state index contributed by atoms with van der Waals surface area (Å²) in [5.41, 5.74) is 0. The first-order valence-electron chi connectivity index (χ1n) is 9.61. The highest BCUT2D eigenvalue weighted by atomic mass is 16.5. The summed E-state index contributed by atoms with van der Waals surface area (Å²) in [7, 11) is 1.38. The summed E-state index contributed by atoms with van der Waals surface area (Å²) >= 11 is 0. The van der Waals surface area contributed by atoms with Crippen LogP contribution in [0.5, 0.6) is 0 Å². The number of rotatable bonds is 17. The Labute approximate surface area is 147 Å². The van der Waals surface area contributed by atoms with Crippen molar-refractivity contribution in [2.75, 3.05) is 26.7 Å². The van der Waals surface area contributed by atoms with E-state index in [2.05, 4.69) is 16.6 Å². The van der Waals surface area contributed by atoms with Crippen LogP contribution in [0, 0.1) is 0 Å². The first kappa shape index (κ1) is 22.9. The maximum Gasteiger partial charge on any atom is 0.306 e. The van der Waals surface area contributed by atoms with Crippen molar-refractivity contribution in [3.8, 4) is 0 Å². The van der Waals surface area contributed by atoms with Crippen LogP contribution < -0.4 is 0 Å². The van der Waals surface area contributed by atoms with Gasteiger partial charge in [0.1, 0.15) is 0 Å². The van der Waals surface area contributed by atoms with Crippen molar-refractivity contribution in [2.45, 2.75) is 84.0 Å². The molecule has 0 spiro atoms. The van der Waals surface area contributed by atoms with Crippen molar-refractivity contribution in [2.24, 2.45) is 0 Å². The molecular weight excluding hydrogens is 306 g/mol. The van der Waals surface area contributed by atoms with Crippen LogP contribution in [0.4, 0.5) is 0 Å². The molecule has 0 saturated heterocycles. The maximum atomic E-state index is 11.2. The fraction of sp³-hybridized carbons (Fsp3) is 0.895. The molecule has 5 heteroatoms. The van der Waals surface area contributed by atoms with E-state index in [-0.39, 0.29) is 12.4 Å². The van der Waals surface area contributed by atoms with Crippen LogP contribution in [-0.4, -0.2) is 48.7 Å². The lowest BCUT2D eigenvalue weighted by molar-refractivity contribution is -0.141. The minimum absolute atomic E-state index is 0.124. The van der Waals surface area contributed by atoms with Crippen molar-refractivity contribution in [1.82, 2.24) is 4.90 Å². The predicted octanol–water partition coefficient (Wildman–Crippen LogP) is 4.25. The lowest BCUT2D eigenvalue weighted by Gasteiger charge is -2.20. The molecule has 0 aromatic heterocycles. The summed E-state index contributed by atoms with van der Waals surface area (Å²) in [6.45, 7) is 4.19. The average Bonchev–Trinajstić information content (AvgIpc) is 2.57. The number of carboxylic acid groups (broad SMARTS) is 1. The second kappa shape index (κ2) is 16.7. The van der Waals surface area contributed by atoms with E-state index in [4.69, 9.17) is 5.11 Å². The summed E-state index contributed by atoms with van der Waals surface area (Å²) in [4.78, 5) is 24.0. The number of unbranched alkanes of at least 4 members (excludes halogenated alkanes) is 9. The maximum absolute atomic E-state index is 11.2. The Bertz CT molecular complexity index is 320. The van der Waals surface area contributed by atoms with Gasteiger partial charge in [-0.25, -0.2) is 0 Å². The van der Waals surface area contributed by atoms with Crippen molar-refractivity contribution in [1.29, 1.82) is 0 Å². The third-order valence-electron chi connectivity index (χ3n) is 4.33. The molecule has 0 bridgehead atoms. The Morgan fingerprint density at radius 3 is 1.79 bits per heavy atom. The third kappa shape index (κ3) is 15.8. The Morgan fingerprint density at radius 2 is 1.29 bits per heavy atom. The standard InChI is InChI=1S/C19H37NO4/c1-3-4-5-6-7-8-9-10-11-12-15-20(16-13-18(21)22)17-14-19(23)24-2/h3-17H2,1-2H3,(H,21,22). The highest BCUT2D eigenvalue weighted by molar-refractivity contribution is 5.69. The highest BCUT2D eigenvalue weighted by Gasteiger charge is 2.10. The van der Waals surface area contributed by atoms with Crippen molar-refractivity contribution < 1.29 is 19.4 Å². The molecule has 0 rings (SSSR count). The van der Waals surface area contributed by atoms with Crippen LogP contribution in [0.1, 0.15) is 84.0 Å². The Morgan fingerprint density at radius 1 is 0.792 bits per heavy atom. The van der Waals surface area contributed by atoms with Gasteiger partial charge in [-0.1, -0.05) is 64.7 Å². The van der Waals surface area contributed by atoms with Gasteiger partial charge in [-0.05, 0) is 13.0 Å². The van der Waals surface area contributed by atoms with Crippen LogP contribution in [0.3, 0.4) is 0 Å². The Hall–Kier alpha value is -1.10. The van der Waals surface area contributed by atoms with E-state index in [1.165, 1.54) is 64.9 Å². The number of hydrogen-bond acceptors (Lipinski definition) is 4. The second-order valence-corrected chi connectivity index (χ2v) is 6.49. The summed E-state index contributed by atoms with van der Waals surface area (Å²) < 4.78 is 4.65. The number of carboxylic acids is 1. The lowest BCUT2D eigenvalue weighted by Crippen LogP contribution is -2.30. The summed E-state index contributed by atoms with van der Waals surface area (Å²) in [5.74, 6) is -1.03. The minimum atomic E-state index is -0.791. The van der Waals surface area contributed by atoms with E-state index >= 15 is 0 Å². The molecule has 0 aliphatic heterocycles. The highest BCUT2D eigenvalue weighted by Crippen LogP contribution is 2.11. The average molecular weight is 344 g/mol. The van der Waals surface area contributed by atoms with Gasteiger partial charge in [0.25, 0.3) is 0 Å². The topological polar surface area (TPSA) is 66.8 Å². The molecule has 142 valence electrons. The number of ether oxygens (including phenoxy) is 1. The quantitative estimate of drug-likeness (QED) is 0.316. The van der Waals surface area contributed by atoms with E-state index in [1.807, 2.05) is 0 Å². The van der Waals surface area contributed by atoms with Gasteiger partial charge in [0.15, 0.2) is 0 Å². The molecule has 0 amide bonds. The zero-order valence-electron chi connectivity index (χ0n) is 15.7. The van der Waals surface area contributed by atoms with Crippen LogP contribution in [0.15, 0.2) is 0 Å². The SMILES string of the molecule is CCCCCCCCCCCCN(CCC(=O)O)CCC(=O)OC. The molecule has 0 atom stereocenters. The van der Waals surface area contributed by atoms with Crippen LogP contribution in [0.2, 0.25) is 0 Å². The number of hydrogen-bond donors (Lipinski definition) is 1. The van der Waals surface area contributed by atoms with Gasteiger partial charge in [0.2, 0.25) is 0 Å². The largest absolute Gasteiger partial charge is 0.481 e. The normalized spacial score (nSPS) is 11.0. The molecule has 0 aromatic rings. The predicted molar refractivity (Wildman–Crippen MR) is 97.2 cm³/mol. The number of aliphatic carboxylic acids is 1. The van der Waals surface area contributed by atoms with E-state index < -0.39 is 5.97 Å². The second-order valence-electron chi connectivity index (χ2n) is 6.49. The fourth-order valence-electron chi connectivity index (χ4n) is 2.76. The zero-order chi connectivity index (χ0) is 18.0. The number of esters is 1. The molecule has 0 aromatic carbocycles. The van der Waals surface area contributed by atoms with Gasteiger partial charge >= 0.3 is 11.9 Å². The molecule has 0 saturated carbocycles. The molecule has 5 nitrogen and oxygen atoms in total. The van der Waals surface area contributed by atoms with Gasteiger partial charge < -0.3 is 14.7 Å². The molecule has 24 heavy (non-hydrogen) atoms. The van der Waals surface area contributed by atoms with Gasteiger partial charge in [-0.2, -0.15) is 0 Å². The van der Waals surface area contributed by atoms with Gasteiger partial charge in [0, 0.05) is 13.1 Å². The Balaban J connectivity index is 3.68. The lowest BCUT2D eigenvalue weighted by atomic mass is 10.1. The molecule has 0 heterocycles. The van der Waals surface area contributed by atoms with Crippen LogP contribution >= 0.6 is 0 Å². The van der Waals surface area contributed by atoms with Crippen LogP contribution in [0.25, 0.3) is 0 Å². The van der Waals surface area contributed by atoms with Crippen molar-refractivity contribution in [3.63, 3.8) is 0 Å². The van der Waals surface area contributed by atoms with Gasteiger partial charge in [0.05, 0.1) is 20.0 Å². The summed E-state index contributed by atoms with van der Waals surface area (Å²) in [5, 5.41) is 8.81. The monoisotopic (exact) mass is 343 g/mol. The molecule has 0 unspecified atom stereocenters. The van der Waals surface area contributed by atoms with E-state index in [0.29, 0.717) is 19.5 Å². The molecule has 0 aliphatic rings. The van der Waals surface area contributed by atoms with Gasteiger partial charge in [-0.3, -0.25) is 9.59 Å². The number of methoxy groups -OCH3 is 1. The van der Waals surface area contributed by atoms with E-state index in [9.17, 15) is 9.59 Å². The van der Waals surface area contributed by atoms with Crippen molar-refractivity contribution in [3.05, 3.63) is 0 Å². The van der Waals surface area contributed by atoms with E-state index in [1.54, 1.807) is 0 Å². The number of nitrogens with zero attached hydrogens (tertiary/aromatic N) is 1. The first-order valence-corrected chi connectivity index (χ1v) is 9.61. The fourth-order valence-corrected chi connectivity index (χ4v) is 2.76. The zero-order valence-corrected chi connectivity index (χ0v) is 15.7. The molecule has 1 N–H and O–H groups in total. The first-order chi connectivity index (χ1) is 11.6. The molecule has 0 radical (unpaired) electrons. The number of carbonyl (C=O) groups excluding carboxylic acids is 1. The smallest absolute Gasteiger partial charge is 0.306 e. The summed E-state index contributed by atoms with van der Waals surface area (Å²) in [6, 6.07) is 0. The minimum Gasteiger partial charge on any atom is -0.481 e. The number of carbonyl (C=O) groups is 2. The summed E-state index contributed by atoms with van der Waals surface area (Å²) in [6.07, 6.45) is 13.3. The van der Waals surface area contributed by atoms with Crippen molar-refractivity contribution >= 4 is 11.9 Å². The molecular formula is C19H37NO4.